The number of carbonyl (C=O) groups is 1. The normalized spacial score (nSPS) is 11.2. The maximum Gasteiger partial charge on any atom is 0.240 e. The summed E-state index contributed by atoms with van der Waals surface area (Å²) in [6.07, 6.45) is 2.79. The van der Waals surface area contributed by atoms with Gasteiger partial charge in [0.05, 0.1) is 11.9 Å². The van der Waals surface area contributed by atoms with Crippen molar-refractivity contribution < 1.29 is 13.2 Å². The Balaban J connectivity index is 1.91. The van der Waals surface area contributed by atoms with Crippen LogP contribution in [0, 0.1) is 13.8 Å². The number of hydrogen-bond donors (Lipinski definition) is 1. The van der Waals surface area contributed by atoms with Crippen molar-refractivity contribution in [3.63, 3.8) is 0 Å². The van der Waals surface area contributed by atoms with Crippen LogP contribution in [-0.2, 0) is 21.2 Å². The fraction of sp³-hybridized carbons (Fsp3) is 0.350. The zero-order chi connectivity index (χ0) is 19.2. The first-order valence-corrected chi connectivity index (χ1v) is 10.5. The number of hydrogen-bond acceptors (Lipinski definition) is 3. The van der Waals surface area contributed by atoms with E-state index in [1.807, 2.05) is 25.1 Å². The van der Waals surface area contributed by atoms with Gasteiger partial charge >= 0.3 is 0 Å². The van der Waals surface area contributed by atoms with Crippen molar-refractivity contribution >= 4 is 21.6 Å². The zero-order valence-corrected chi connectivity index (χ0v) is 16.3. The lowest BCUT2D eigenvalue weighted by molar-refractivity contribution is -0.119. The smallest absolute Gasteiger partial charge is 0.240 e. The predicted molar refractivity (Wildman–Crippen MR) is 106 cm³/mol. The lowest BCUT2D eigenvalue weighted by Gasteiger charge is -2.23. The molecule has 2 aromatic rings. The third kappa shape index (κ3) is 5.88. The van der Waals surface area contributed by atoms with E-state index in [4.69, 9.17) is 0 Å². The highest BCUT2D eigenvalue weighted by Gasteiger charge is 2.21. The van der Waals surface area contributed by atoms with Crippen molar-refractivity contribution in [1.29, 1.82) is 0 Å². The summed E-state index contributed by atoms with van der Waals surface area (Å²) in [5, 5.41) is 2.81. The molecule has 0 aliphatic heterocycles. The average molecular weight is 375 g/mol. The van der Waals surface area contributed by atoms with Gasteiger partial charge in [-0.1, -0.05) is 48.0 Å². The van der Waals surface area contributed by atoms with Crippen molar-refractivity contribution in [1.82, 2.24) is 5.32 Å². The third-order valence-electron chi connectivity index (χ3n) is 4.12. The number of carbonyl (C=O) groups excluding carboxylic acids is 1. The third-order valence-corrected chi connectivity index (χ3v) is 5.25. The summed E-state index contributed by atoms with van der Waals surface area (Å²) in [6.45, 7) is 4.18. The molecule has 0 fully saturated rings. The molecule has 1 N–H and O–H groups in total. The maximum atomic E-state index is 12.2. The van der Waals surface area contributed by atoms with Crippen LogP contribution in [0.15, 0.2) is 48.5 Å². The molecule has 0 aliphatic rings. The van der Waals surface area contributed by atoms with Crippen molar-refractivity contribution in [3.8, 4) is 0 Å². The number of nitrogens with one attached hydrogen (secondary N) is 1. The molecule has 0 bridgehead atoms. The number of anilines is 1. The average Bonchev–Trinajstić information content (AvgIpc) is 2.56. The Morgan fingerprint density at radius 1 is 1.08 bits per heavy atom. The first-order chi connectivity index (χ1) is 12.3. The minimum absolute atomic E-state index is 0.214. The number of rotatable bonds is 8. The molecule has 1 amide bonds. The Morgan fingerprint density at radius 3 is 2.46 bits per heavy atom. The van der Waals surface area contributed by atoms with E-state index >= 15 is 0 Å². The molecule has 0 spiro atoms. The number of nitrogens with zero attached hydrogens (tertiary/aromatic N) is 1. The van der Waals surface area contributed by atoms with Gasteiger partial charge in [-0.15, -0.1) is 0 Å². The van der Waals surface area contributed by atoms with Crippen molar-refractivity contribution in [3.05, 3.63) is 65.2 Å². The summed E-state index contributed by atoms with van der Waals surface area (Å²) in [5.41, 5.74) is 3.79. The van der Waals surface area contributed by atoms with E-state index in [-0.39, 0.29) is 12.5 Å². The van der Waals surface area contributed by atoms with Crippen molar-refractivity contribution in [2.45, 2.75) is 26.7 Å². The summed E-state index contributed by atoms with van der Waals surface area (Å²) >= 11 is 0. The number of aryl methyl sites for hydroxylation is 3. The standard InChI is InChI=1S/C20H26N2O3S/c1-16-8-6-10-18(14-16)11-7-13-21-20(23)15-22(26(3,24)25)19-12-5-4-9-17(19)2/h4-6,8-10,12,14H,7,11,13,15H2,1-3H3,(H,21,23). The van der Waals surface area contributed by atoms with Gasteiger partial charge in [0.25, 0.3) is 0 Å². The number of sulfonamides is 1. The fourth-order valence-electron chi connectivity index (χ4n) is 2.80. The number of benzene rings is 2. The summed E-state index contributed by atoms with van der Waals surface area (Å²) in [7, 11) is -3.54. The SMILES string of the molecule is Cc1cccc(CCCNC(=O)CN(c2ccccc2C)S(C)(=O)=O)c1. The molecular weight excluding hydrogens is 348 g/mol. The summed E-state index contributed by atoms with van der Waals surface area (Å²) in [4.78, 5) is 12.2. The van der Waals surface area contributed by atoms with E-state index in [9.17, 15) is 13.2 Å². The van der Waals surface area contributed by atoms with E-state index in [0.717, 1.165) is 29.0 Å². The Morgan fingerprint density at radius 2 is 1.81 bits per heavy atom. The van der Waals surface area contributed by atoms with Gasteiger partial charge in [-0.05, 0) is 43.9 Å². The van der Waals surface area contributed by atoms with Crippen LogP contribution in [0.5, 0.6) is 0 Å². The van der Waals surface area contributed by atoms with Crippen LogP contribution in [0.25, 0.3) is 0 Å². The second-order valence-corrected chi connectivity index (χ2v) is 8.41. The monoisotopic (exact) mass is 374 g/mol. The molecule has 0 saturated heterocycles. The molecule has 0 aromatic heterocycles. The summed E-state index contributed by atoms with van der Waals surface area (Å²) in [5.74, 6) is -0.303. The molecule has 0 heterocycles. The highest BCUT2D eigenvalue weighted by Crippen LogP contribution is 2.21. The predicted octanol–water partition coefficient (Wildman–Crippen LogP) is 2.82. The minimum Gasteiger partial charge on any atom is -0.355 e. The molecule has 0 saturated carbocycles. The van der Waals surface area contributed by atoms with Gasteiger partial charge in [0.1, 0.15) is 6.54 Å². The maximum absolute atomic E-state index is 12.2. The number of para-hydroxylation sites is 1. The molecular formula is C20H26N2O3S. The second-order valence-electron chi connectivity index (χ2n) is 6.50. The van der Waals surface area contributed by atoms with Gasteiger partial charge in [-0.25, -0.2) is 8.42 Å². The Kier molecular flexibility index (Phi) is 6.80. The molecule has 2 aromatic carbocycles. The molecule has 0 atom stereocenters. The van der Waals surface area contributed by atoms with Crippen LogP contribution in [0.3, 0.4) is 0 Å². The summed E-state index contributed by atoms with van der Waals surface area (Å²) < 4.78 is 25.4. The Hall–Kier alpha value is -2.34. The second kappa shape index (κ2) is 8.85. The zero-order valence-electron chi connectivity index (χ0n) is 15.5. The van der Waals surface area contributed by atoms with Gasteiger partial charge in [0.15, 0.2) is 0 Å². The van der Waals surface area contributed by atoms with Crippen molar-refractivity contribution in [2.75, 3.05) is 23.7 Å². The molecule has 6 heteroatoms. The highest BCUT2D eigenvalue weighted by molar-refractivity contribution is 7.92. The number of amides is 1. The quantitative estimate of drug-likeness (QED) is 0.723. The van der Waals surface area contributed by atoms with Crippen molar-refractivity contribution in [2.24, 2.45) is 0 Å². The molecule has 26 heavy (non-hydrogen) atoms. The first-order valence-electron chi connectivity index (χ1n) is 8.63. The first kappa shape index (κ1) is 20.0. The van der Waals surface area contributed by atoms with E-state index in [1.165, 1.54) is 11.1 Å². The summed E-state index contributed by atoms with van der Waals surface area (Å²) in [6, 6.07) is 15.4. The van der Waals surface area contributed by atoms with E-state index in [2.05, 4.69) is 30.4 Å². The molecule has 0 radical (unpaired) electrons. The largest absolute Gasteiger partial charge is 0.355 e. The van der Waals surface area contributed by atoms with E-state index in [0.29, 0.717) is 12.2 Å². The van der Waals surface area contributed by atoms with Crippen LogP contribution in [0.1, 0.15) is 23.1 Å². The lowest BCUT2D eigenvalue weighted by atomic mass is 10.1. The van der Waals surface area contributed by atoms with Crippen LogP contribution in [0.2, 0.25) is 0 Å². The fourth-order valence-corrected chi connectivity index (χ4v) is 3.71. The molecule has 0 aliphatic carbocycles. The molecule has 140 valence electrons. The van der Waals surface area contributed by atoms with Crippen LogP contribution in [0.4, 0.5) is 5.69 Å². The molecule has 0 unspecified atom stereocenters. The van der Waals surface area contributed by atoms with Gasteiger partial charge in [-0.2, -0.15) is 0 Å². The lowest BCUT2D eigenvalue weighted by Crippen LogP contribution is -2.41. The minimum atomic E-state index is -3.54. The van der Waals surface area contributed by atoms with E-state index in [1.54, 1.807) is 12.1 Å². The van der Waals surface area contributed by atoms with Crippen LogP contribution in [-0.4, -0.2) is 33.7 Å². The molecule has 2 rings (SSSR count). The molecule has 5 nitrogen and oxygen atoms in total. The Labute approximate surface area is 156 Å². The van der Waals surface area contributed by atoms with Crippen LogP contribution >= 0.6 is 0 Å². The topological polar surface area (TPSA) is 66.5 Å². The van der Waals surface area contributed by atoms with Gasteiger partial charge in [0, 0.05) is 6.54 Å². The highest BCUT2D eigenvalue weighted by atomic mass is 32.2. The van der Waals surface area contributed by atoms with Gasteiger partial charge in [-0.3, -0.25) is 9.10 Å². The van der Waals surface area contributed by atoms with Gasteiger partial charge < -0.3 is 5.32 Å². The van der Waals surface area contributed by atoms with E-state index < -0.39 is 10.0 Å². The van der Waals surface area contributed by atoms with Gasteiger partial charge in [0.2, 0.25) is 15.9 Å². The van der Waals surface area contributed by atoms with Crippen LogP contribution < -0.4 is 9.62 Å². The Bertz CT molecular complexity index is 863.